The van der Waals surface area contributed by atoms with Gasteiger partial charge in [0.2, 0.25) is 0 Å². The van der Waals surface area contributed by atoms with Crippen LogP contribution in [-0.4, -0.2) is 6.04 Å². The average molecular weight is 195 g/mol. The summed E-state index contributed by atoms with van der Waals surface area (Å²) in [6.45, 7) is 8.11. The van der Waals surface area contributed by atoms with Crippen LogP contribution in [0.15, 0.2) is 18.2 Å². The minimum atomic E-state index is -0.120. The van der Waals surface area contributed by atoms with E-state index in [0.29, 0.717) is 6.04 Å². The molecule has 0 heterocycles. The summed E-state index contributed by atoms with van der Waals surface area (Å²) < 4.78 is 13.5. The first-order valence-electron chi connectivity index (χ1n) is 5.07. The minimum Gasteiger partial charge on any atom is -0.383 e. The Morgan fingerprint density at radius 3 is 2.29 bits per heavy atom. The number of rotatable bonds is 3. The molecule has 1 nitrogen and oxygen atoms in total. The molecule has 14 heavy (non-hydrogen) atoms. The Morgan fingerprint density at radius 2 is 1.79 bits per heavy atom. The van der Waals surface area contributed by atoms with Gasteiger partial charge in [-0.15, -0.1) is 0 Å². The van der Waals surface area contributed by atoms with E-state index < -0.39 is 0 Å². The molecule has 2 heteroatoms. The van der Waals surface area contributed by atoms with E-state index >= 15 is 0 Å². The van der Waals surface area contributed by atoms with Crippen LogP contribution in [0.1, 0.15) is 39.2 Å². The van der Waals surface area contributed by atoms with Gasteiger partial charge in [-0.25, -0.2) is 4.39 Å². The SMILES string of the molecule is CC(C)Nc1cccc(F)c1C(C)C. The Hall–Kier alpha value is -1.05. The maximum absolute atomic E-state index is 13.5. The summed E-state index contributed by atoms with van der Waals surface area (Å²) >= 11 is 0. The third-order valence-corrected chi connectivity index (χ3v) is 2.07. The largest absolute Gasteiger partial charge is 0.383 e. The van der Waals surface area contributed by atoms with Crippen molar-refractivity contribution >= 4 is 5.69 Å². The van der Waals surface area contributed by atoms with E-state index in [4.69, 9.17) is 0 Å². The maximum Gasteiger partial charge on any atom is 0.128 e. The van der Waals surface area contributed by atoms with Crippen molar-refractivity contribution in [2.45, 2.75) is 39.7 Å². The van der Waals surface area contributed by atoms with Gasteiger partial charge >= 0.3 is 0 Å². The zero-order valence-corrected chi connectivity index (χ0v) is 9.26. The Kier molecular flexibility index (Phi) is 3.50. The topological polar surface area (TPSA) is 12.0 Å². The Morgan fingerprint density at radius 1 is 1.14 bits per heavy atom. The van der Waals surface area contributed by atoms with Gasteiger partial charge in [0, 0.05) is 17.3 Å². The second-order valence-corrected chi connectivity index (χ2v) is 4.15. The molecule has 0 saturated heterocycles. The maximum atomic E-state index is 13.5. The van der Waals surface area contributed by atoms with Gasteiger partial charge in [0.1, 0.15) is 5.82 Å². The van der Waals surface area contributed by atoms with Crippen LogP contribution in [-0.2, 0) is 0 Å². The van der Waals surface area contributed by atoms with E-state index in [1.807, 2.05) is 19.9 Å². The van der Waals surface area contributed by atoms with Gasteiger partial charge in [-0.05, 0) is 31.9 Å². The van der Waals surface area contributed by atoms with Crippen molar-refractivity contribution in [2.24, 2.45) is 0 Å². The smallest absolute Gasteiger partial charge is 0.128 e. The molecular formula is C12H18FN. The van der Waals surface area contributed by atoms with Gasteiger partial charge in [-0.3, -0.25) is 0 Å². The van der Waals surface area contributed by atoms with Crippen LogP contribution in [0.2, 0.25) is 0 Å². The van der Waals surface area contributed by atoms with E-state index in [9.17, 15) is 4.39 Å². The lowest BCUT2D eigenvalue weighted by Gasteiger charge is -2.17. The molecule has 78 valence electrons. The van der Waals surface area contributed by atoms with Gasteiger partial charge in [0.05, 0.1) is 0 Å². The van der Waals surface area contributed by atoms with Crippen molar-refractivity contribution in [3.8, 4) is 0 Å². The number of hydrogen-bond acceptors (Lipinski definition) is 1. The molecular weight excluding hydrogens is 177 g/mol. The molecule has 0 fully saturated rings. The lowest BCUT2D eigenvalue weighted by molar-refractivity contribution is 0.598. The molecule has 1 N–H and O–H groups in total. The summed E-state index contributed by atoms with van der Waals surface area (Å²) in [4.78, 5) is 0. The van der Waals surface area contributed by atoms with Crippen molar-refractivity contribution in [3.63, 3.8) is 0 Å². The second kappa shape index (κ2) is 4.45. The highest BCUT2D eigenvalue weighted by Gasteiger charge is 2.11. The van der Waals surface area contributed by atoms with Crippen LogP contribution in [0.25, 0.3) is 0 Å². The summed E-state index contributed by atoms with van der Waals surface area (Å²) in [6, 6.07) is 5.51. The van der Waals surface area contributed by atoms with Crippen LogP contribution >= 0.6 is 0 Å². The fourth-order valence-electron chi connectivity index (χ4n) is 1.56. The second-order valence-electron chi connectivity index (χ2n) is 4.15. The monoisotopic (exact) mass is 195 g/mol. The number of nitrogens with one attached hydrogen (secondary N) is 1. The fourth-order valence-corrected chi connectivity index (χ4v) is 1.56. The fraction of sp³-hybridized carbons (Fsp3) is 0.500. The van der Waals surface area contributed by atoms with Gasteiger partial charge in [0.15, 0.2) is 0 Å². The predicted octanol–water partition coefficient (Wildman–Crippen LogP) is 3.77. The van der Waals surface area contributed by atoms with E-state index in [-0.39, 0.29) is 11.7 Å². The summed E-state index contributed by atoms with van der Waals surface area (Å²) in [5, 5.41) is 3.26. The van der Waals surface area contributed by atoms with E-state index in [2.05, 4.69) is 19.2 Å². The Balaban J connectivity index is 3.08. The molecule has 0 saturated carbocycles. The van der Waals surface area contributed by atoms with Crippen LogP contribution < -0.4 is 5.32 Å². The van der Waals surface area contributed by atoms with E-state index in [1.54, 1.807) is 6.07 Å². The van der Waals surface area contributed by atoms with Gasteiger partial charge in [0.25, 0.3) is 0 Å². The van der Waals surface area contributed by atoms with Crippen LogP contribution in [0, 0.1) is 5.82 Å². The van der Waals surface area contributed by atoms with Crippen molar-refractivity contribution in [1.29, 1.82) is 0 Å². The number of halogens is 1. The standard InChI is InChI=1S/C12H18FN/c1-8(2)12-10(13)6-5-7-11(12)14-9(3)4/h5-9,14H,1-4H3. The third kappa shape index (κ3) is 2.47. The number of anilines is 1. The first kappa shape index (κ1) is 11.0. The molecule has 0 amide bonds. The lowest BCUT2D eigenvalue weighted by atomic mass is 10.00. The molecule has 0 bridgehead atoms. The summed E-state index contributed by atoms with van der Waals surface area (Å²) in [6.07, 6.45) is 0. The normalized spacial score (nSPS) is 11.1. The van der Waals surface area contributed by atoms with Crippen molar-refractivity contribution in [2.75, 3.05) is 5.32 Å². The summed E-state index contributed by atoms with van der Waals surface area (Å²) in [5.41, 5.74) is 1.69. The zero-order valence-electron chi connectivity index (χ0n) is 9.26. The minimum absolute atomic E-state index is 0.120. The number of hydrogen-bond donors (Lipinski definition) is 1. The molecule has 0 atom stereocenters. The van der Waals surface area contributed by atoms with E-state index in [0.717, 1.165) is 11.3 Å². The van der Waals surface area contributed by atoms with Crippen molar-refractivity contribution < 1.29 is 4.39 Å². The molecule has 0 radical (unpaired) electrons. The highest BCUT2D eigenvalue weighted by molar-refractivity contribution is 5.53. The van der Waals surface area contributed by atoms with Crippen molar-refractivity contribution in [1.82, 2.24) is 0 Å². The first-order chi connectivity index (χ1) is 6.52. The predicted molar refractivity (Wildman–Crippen MR) is 59.2 cm³/mol. The molecule has 0 spiro atoms. The Bertz CT molecular complexity index is 305. The van der Waals surface area contributed by atoms with Crippen LogP contribution in [0.4, 0.5) is 10.1 Å². The summed E-state index contributed by atoms with van der Waals surface area (Å²) in [5.74, 6) is 0.0862. The Labute approximate surface area is 85.3 Å². The molecule has 0 aromatic heterocycles. The zero-order chi connectivity index (χ0) is 10.7. The third-order valence-electron chi connectivity index (χ3n) is 2.07. The van der Waals surface area contributed by atoms with Crippen LogP contribution in [0.5, 0.6) is 0 Å². The van der Waals surface area contributed by atoms with Gasteiger partial charge in [-0.1, -0.05) is 19.9 Å². The molecule has 0 aliphatic carbocycles. The molecule has 1 aromatic rings. The highest BCUT2D eigenvalue weighted by atomic mass is 19.1. The average Bonchev–Trinajstić information content (AvgIpc) is 2.01. The van der Waals surface area contributed by atoms with Crippen molar-refractivity contribution in [3.05, 3.63) is 29.6 Å². The summed E-state index contributed by atoms with van der Waals surface area (Å²) in [7, 11) is 0. The first-order valence-corrected chi connectivity index (χ1v) is 5.07. The molecule has 0 aliphatic rings. The van der Waals surface area contributed by atoms with Gasteiger partial charge in [-0.2, -0.15) is 0 Å². The molecule has 0 unspecified atom stereocenters. The lowest BCUT2D eigenvalue weighted by Crippen LogP contribution is -2.12. The molecule has 0 aliphatic heterocycles. The van der Waals surface area contributed by atoms with Crippen LogP contribution in [0.3, 0.4) is 0 Å². The molecule has 1 rings (SSSR count). The molecule has 1 aromatic carbocycles. The van der Waals surface area contributed by atoms with Gasteiger partial charge < -0.3 is 5.32 Å². The quantitative estimate of drug-likeness (QED) is 0.774. The highest BCUT2D eigenvalue weighted by Crippen LogP contribution is 2.27. The van der Waals surface area contributed by atoms with E-state index in [1.165, 1.54) is 6.07 Å². The number of benzene rings is 1.